The molecule has 6 rings (SSSR count). The van der Waals surface area contributed by atoms with Gasteiger partial charge in [0.25, 0.3) is 0 Å². The summed E-state index contributed by atoms with van der Waals surface area (Å²) >= 11 is 1.45. The van der Waals surface area contributed by atoms with Crippen LogP contribution in [0.1, 0.15) is 92.9 Å². The molecule has 1 aromatic carbocycles. The van der Waals surface area contributed by atoms with Crippen LogP contribution in [0.2, 0.25) is 0 Å². The monoisotopic (exact) mass is 926 g/mol. The standard InChI is InChI=1S/C45H63N6O11PS/c1-10-12-19-58-43(55)59-26-60-63(9,56)45(23-28(45)11-2)50-39(52)36-21-31(24-51(36)40(53)38(44(5,6)7)49-42(54)62-29-15-13-14-16-29)61-37-22-34(35-25-64-41(48-35)46-27(3)4)47-33-20-30(57-8)17-18-32(33)37/h11,17-18,20,22,25,27-29,31,36,38H,2,10,12-16,19,21,23-24,26H2,1,3-9H3,(H,46,48)(H,49,54)(H,50,52)/t28-,31-,36+,38-,45+,63?/m1/s1. The molecule has 19 heteroatoms. The van der Waals surface area contributed by atoms with Gasteiger partial charge in [-0.3, -0.25) is 18.7 Å². The molecular formula is C45H63N6O11PS. The van der Waals surface area contributed by atoms with E-state index >= 15 is 0 Å². The smallest absolute Gasteiger partial charge is 0.497 e. The number of hydrogen-bond donors (Lipinski definition) is 3. The lowest BCUT2D eigenvalue weighted by molar-refractivity contribution is -0.142. The summed E-state index contributed by atoms with van der Waals surface area (Å²) in [6.07, 6.45) is 4.09. The van der Waals surface area contributed by atoms with Crippen LogP contribution in [0.25, 0.3) is 22.3 Å². The highest BCUT2D eigenvalue weighted by molar-refractivity contribution is 7.60. The molecule has 64 heavy (non-hydrogen) atoms. The maximum Gasteiger partial charge on any atom is 0.510 e. The summed E-state index contributed by atoms with van der Waals surface area (Å²) in [5.41, 5.74) is 0.945. The first-order chi connectivity index (χ1) is 30.4. The molecule has 1 unspecified atom stereocenters. The van der Waals surface area contributed by atoms with Gasteiger partial charge in [0.1, 0.15) is 46.8 Å². The lowest BCUT2D eigenvalue weighted by Crippen LogP contribution is -2.58. The van der Waals surface area contributed by atoms with Gasteiger partial charge >= 0.3 is 12.2 Å². The summed E-state index contributed by atoms with van der Waals surface area (Å²) < 4.78 is 48.1. The third-order valence-electron chi connectivity index (χ3n) is 11.8. The maximum absolute atomic E-state index is 14.9. The molecule has 2 aliphatic carbocycles. The summed E-state index contributed by atoms with van der Waals surface area (Å²) in [4.78, 5) is 66.2. The van der Waals surface area contributed by atoms with E-state index in [0.29, 0.717) is 40.2 Å². The molecule has 0 radical (unpaired) electrons. The minimum atomic E-state index is -3.78. The van der Waals surface area contributed by atoms with Crippen molar-refractivity contribution >= 4 is 58.8 Å². The van der Waals surface area contributed by atoms with Gasteiger partial charge in [0.2, 0.25) is 26.0 Å². The minimum Gasteiger partial charge on any atom is -0.497 e. The van der Waals surface area contributed by atoms with Crippen molar-refractivity contribution < 1.29 is 52.0 Å². The lowest BCUT2D eigenvalue weighted by atomic mass is 9.85. The molecule has 3 fully saturated rings. The number of unbranched alkanes of at least 4 members (excludes halogenated alkanes) is 1. The predicted octanol–water partition coefficient (Wildman–Crippen LogP) is 8.47. The number of aromatic nitrogens is 2. The summed E-state index contributed by atoms with van der Waals surface area (Å²) in [6.45, 7) is 16.2. The van der Waals surface area contributed by atoms with Crippen molar-refractivity contribution in [3.8, 4) is 22.9 Å². The first-order valence-corrected chi connectivity index (χ1v) is 24.9. The van der Waals surface area contributed by atoms with Crippen LogP contribution in [0, 0.1) is 11.3 Å². The molecular weight excluding hydrogens is 864 g/mol. The second-order valence-electron chi connectivity index (χ2n) is 18.1. The predicted molar refractivity (Wildman–Crippen MR) is 244 cm³/mol. The van der Waals surface area contributed by atoms with Crippen LogP contribution in [-0.2, 0) is 32.9 Å². The molecule has 3 heterocycles. The number of hydrogen-bond acceptors (Lipinski definition) is 15. The number of benzene rings is 1. The number of carbonyl (C=O) groups excluding carboxylic acids is 4. The molecule has 3 aromatic rings. The Labute approximate surface area is 379 Å². The molecule has 1 aliphatic heterocycles. The van der Waals surface area contributed by atoms with Crippen molar-refractivity contribution in [3.05, 3.63) is 42.3 Å². The van der Waals surface area contributed by atoms with E-state index in [1.807, 2.05) is 53.0 Å². The Morgan fingerprint density at radius 1 is 1.08 bits per heavy atom. The van der Waals surface area contributed by atoms with E-state index in [-0.39, 0.29) is 38.1 Å². The fourth-order valence-electron chi connectivity index (χ4n) is 8.11. The number of fused-ring (bicyclic) bond motifs is 1. The molecule has 1 saturated heterocycles. The molecule has 17 nitrogen and oxygen atoms in total. The van der Waals surface area contributed by atoms with Crippen LogP contribution >= 0.6 is 18.7 Å². The number of nitrogens with one attached hydrogen (secondary N) is 3. The van der Waals surface area contributed by atoms with E-state index in [1.54, 1.807) is 31.4 Å². The van der Waals surface area contributed by atoms with Crippen LogP contribution in [0.15, 0.2) is 42.3 Å². The van der Waals surface area contributed by atoms with Crippen molar-refractivity contribution in [2.75, 3.05) is 39.0 Å². The fraction of sp³-hybridized carbons (Fsp3) is 0.600. The Hall–Kier alpha value is -4.93. The highest BCUT2D eigenvalue weighted by Gasteiger charge is 2.65. The third kappa shape index (κ3) is 11.5. The van der Waals surface area contributed by atoms with Gasteiger partial charge in [0.05, 0.1) is 31.5 Å². The number of methoxy groups -OCH3 is 1. The number of anilines is 1. The Morgan fingerprint density at radius 3 is 2.48 bits per heavy atom. The van der Waals surface area contributed by atoms with Crippen molar-refractivity contribution in [3.63, 3.8) is 0 Å². The third-order valence-corrected chi connectivity index (χ3v) is 15.2. The lowest BCUT2D eigenvalue weighted by Gasteiger charge is -2.36. The second-order valence-corrected chi connectivity index (χ2v) is 21.7. The van der Waals surface area contributed by atoms with Crippen molar-refractivity contribution in [1.82, 2.24) is 25.5 Å². The quantitative estimate of drug-likeness (QED) is 0.0339. The van der Waals surface area contributed by atoms with Crippen LogP contribution in [-0.4, -0.2) is 108 Å². The van der Waals surface area contributed by atoms with Crippen LogP contribution in [0.3, 0.4) is 0 Å². The first kappa shape index (κ1) is 48.5. The van der Waals surface area contributed by atoms with Gasteiger partial charge in [-0.15, -0.1) is 17.9 Å². The molecule has 6 atom stereocenters. The zero-order valence-electron chi connectivity index (χ0n) is 38.1. The maximum atomic E-state index is 14.9. The van der Waals surface area contributed by atoms with E-state index in [0.717, 1.165) is 37.2 Å². The zero-order valence-corrected chi connectivity index (χ0v) is 39.8. The molecule has 350 valence electrons. The first-order valence-electron chi connectivity index (χ1n) is 22.0. The molecule has 3 N–H and O–H groups in total. The van der Waals surface area contributed by atoms with Crippen molar-refractivity contribution in [2.45, 2.75) is 129 Å². The highest BCUT2D eigenvalue weighted by atomic mass is 32.1. The average Bonchev–Trinajstić information content (AvgIpc) is 3.63. The van der Waals surface area contributed by atoms with Gasteiger partial charge in [0, 0.05) is 47.9 Å². The molecule has 2 aromatic heterocycles. The SMILES string of the molecule is C=C[C@@H]1C[C@]1(NC(=O)[C@@H]1C[C@@H](Oc2cc(-c3csc(NC(C)C)n3)nc3cc(OC)ccc23)CN1C(=O)[C@@H](NC(=O)OC1CCCC1)C(C)(C)C)P(C)(=O)OCOC(=O)OCCCC. The summed E-state index contributed by atoms with van der Waals surface area (Å²) in [5.74, 6) is -0.531. The Morgan fingerprint density at radius 2 is 1.83 bits per heavy atom. The van der Waals surface area contributed by atoms with E-state index in [2.05, 4.69) is 22.5 Å². The van der Waals surface area contributed by atoms with Crippen LogP contribution < -0.4 is 25.4 Å². The normalized spacial score (nSPS) is 22.3. The van der Waals surface area contributed by atoms with Gasteiger partial charge in [-0.1, -0.05) is 40.2 Å². The number of carbonyl (C=O) groups is 4. The average molecular weight is 927 g/mol. The van der Waals surface area contributed by atoms with Gasteiger partial charge in [0.15, 0.2) is 5.13 Å². The number of rotatable bonds is 19. The highest BCUT2D eigenvalue weighted by Crippen LogP contribution is 2.70. The Bertz CT molecular complexity index is 2230. The number of thiazole rings is 1. The molecule has 3 aliphatic rings. The summed E-state index contributed by atoms with van der Waals surface area (Å²) in [6, 6.07) is 5.16. The Balaban J connectivity index is 1.30. The van der Waals surface area contributed by atoms with Crippen molar-refractivity contribution in [1.29, 1.82) is 0 Å². The largest absolute Gasteiger partial charge is 0.510 e. The number of ether oxygens (including phenoxy) is 5. The number of alkyl carbamates (subject to hydrolysis) is 1. The number of pyridine rings is 1. The van der Waals surface area contributed by atoms with E-state index in [1.165, 1.54) is 22.9 Å². The molecule has 0 spiro atoms. The number of amides is 3. The summed E-state index contributed by atoms with van der Waals surface area (Å²) in [5, 5.41) is 11.0. The number of likely N-dealkylation sites (tertiary alicyclic amines) is 1. The topological polar surface area (TPSA) is 206 Å². The van der Waals surface area contributed by atoms with Crippen LogP contribution in [0.4, 0.5) is 14.7 Å². The zero-order chi connectivity index (χ0) is 46.4. The fourth-order valence-corrected chi connectivity index (χ4v) is 11.0. The number of nitrogens with zero attached hydrogens (tertiary/aromatic N) is 3. The Kier molecular flexibility index (Phi) is 15.5. The minimum absolute atomic E-state index is 0.0336. The molecule has 0 bridgehead atoms. The van der Waals surface area contributed by atoms with Crippen molar-refractivity contribution in [2.24, 2.45) is 11.3 Å². The molecule has 3 amide bonds. The van der Waals surface area contributed by atoms with E-state index < -0.39 is 73.0 Å². The summed E-state index contributed by atoms with van der Waals surface area (Å²) in [7, 11) is -2.21. The van der Waals surface area contributed by atoms with Gasteiger partial charge in [-0.25, -0.2) is 19.6 Å². The van der Waals surface area contributed by atoms with Gasteiger partial charge < -0.3 is 44.5 Å². The van der Waals surface area contributed by atoms with Crippen LogP contribution in [0.5, 0.6) is 11.5 Å². The van der Waals surface area contributed by atoms with E-state index in [4.69, 9.17) is 38.2 Å². The second kappa shape index (κ2) is 20.5. The molecule has 2 saturated carbocycles. The van der Waals surface area contributed by atoms with Gasteiger partial charge in [-0.05, 0) is 69.9 Å². The van der Waals surface area contributed by atoms with Gasteiger partial charge in [-0.2, -0.15) is 0 Å². The van der Waals surface area contributed by atoms with E-state index in [9.17, 15) is 23.7 Å².